The minimum Gasteiger partial charge on any atom is -0.491 e. The van der Waals surface area contributed by atoms with Crippen molar-refractivity contribution in [3.63, 3.8) is 0 Å². The van der Waals surface area contributed by atoms with E-state index < -0.39 is 18.6 Å². The number of benzene rings is 1. The van der Waals surface area contributed by atoms with Crippen LogP contribution in [0, 0.1) is 0 Å². The lowest BCUT2D eigenvalue weighted by atomic mass is 10.1. The molecule has 0 saturated heterocycles. The van der Waals surface area contributed by atoms with E-state index in [1.54, 1.807) is 12.1 Å². The van der Waals surface area contributed by atoms with Crippen LogP contribution in [0.2, 0.25) is 0 Å². The molecule has 0 unspecified atom stereocenters. The van der Waals surface area contributed by atoms with Gasteiger partial charge in [0.15, 0.2) is 0 Å². The summed E-state index contributed by atoms with van der Waals surface area (Å²) in [5.74, 6) is -0.271. The molecule has 3 nitrogen and oxygen atoms in total. The number of hydrogen-bond acceptors (Lipinski definition) is 2. The van der Waals surface area contributed by atoms with Gasteiger partial charge in [-0.3, -0.25) is 4.79 Å². The van der Waals surface area contributed by atoms with Gasteiger partial charge in [0.2, 0.25) is 0 Å². The minimum absolute atomic E-state index is 0.0610. The van der Waals surface area contributed by atoms with E-state index >= 15 is 0 Å². The molecule has 0 spiro atoms. The molecule has 0 aromatic heterocycles. The topological polar surface area (TPSA) is 29.5 Å². The van der Waals surface area contributed by atoms with E-state index in [9.17, 15) is 18.0 Å². The molecule has 0 bridgehead atoms. The van der Waals surface area contributed by atoms with E-state index in [1.807, 2.05) is 13.0 Å². The molecular formula is C13H14F3NO2. The van der Waals surface area contributed by atoms with Gasteiger partial charge in [0.1, 0.15) is 18.9 Å². The third kappa shape index (κ3) is 3.19. The Bertz CT molecular complexity index is 485. The molecule has 0 aliphatic carbocycles. The van der Waals surface area contributed by atoms with Gasteiger partial charge >= 0.3 is 6.18 Å². The largest absolute Gasteiger partial charge is 0.491 e. The number of carbonyl (C=O) groups excluding carboxylic acids is 1. The normalized spacial score (nSPS) is 15.8. The van der Waals surface area contributed by atoms with E-state index in [0.29, 0.717) is 12.2 Å². The average Bonchev–Trinajstić information content (AvgIpc) is 2.48. The van der Waals surface area contributed by atoms with Gasteiger partial charge in [-0.05, 0) is 24.1 Å². The van der Waals surface area contributed by atoms with Crippen LogP contribution in [-0.4, -0.2) is 36.7 Å². The molecule has 6 heteroatoms. The van der Waals surface area contributed by atoms with Crippen LogP contribution in [-0.2, 0) is 6.42 Å². The van der Waals surface area contributed by atoms with Crippen LogP contribution in [0.15, 0.2) is 18.2 Å². The number of hydrogen-bond donors (Lipinski definition) is 0. The Hall–Kier alpha value is -1.72. The molecule has 0 radical (unpaired) electrons. The molecule has 1 aromatic carbocycles. The van der Waals surface area contributed by atoms with Gasteiger partial charge in [-0.2, -0.15) is 13.2 Å². The van der Waals surface area contributed by atoms with Crippen molar-refractivity contribution in [2.75, 3.05) is 19.7 Å². The zero-order chi connectivity index (χ0) is 14.0. The summed E-state index contributed by atoms with van der Waals surface area (Å²) >= 11 is 0. The van der Waals surface area contributed by atoms with Crippen LogP contribution < -0.4 is 4.74 Å². The Balaban J connectivity index is 2.32. The molecule has 1 aromatic rings. The van der Waals surface area contributed by atoms with Gasteiger partial charge in [0.25, 0.3) is 5.91 Å². The van der Waals surface area contributed by atoms with Crippen molar-refractivity contribution in [1.29, 1.82) is 0 Å². The van der Waals surface area contributed by atoms with Gasteiger partial charge in [-0.1, -0.05) is 13.0 Å². The number of amides is 1. The maximum atomic E-state index is 12.4. The summed E-state index contributed by atoms with van der Waals surface area (Å²) in [5, 5.41) is 0. The molecule has 2 rings (SSSR count). The lowest BCUT2D eigenvalue weighted by molar-refractivity contribution is -0.140. The predicted octanol–water partition coefficient (Wildman–Crippen LogP) is 2.65. The Labute approximate surface area is 109 Å². The first kappa shape index (κ1) is 13.7. The summed E-state index contributed by atoms with van der Waals surface area (Å²) < 4.78 is 42.6. The van der Waals surface area contributed by atoms with Gasteiger partial charge < -0.3 is 9.64 Å². The second-order valence-corrected chi connectivity index (χ2v) is 4.37. The fourth-order valence-electron chi connectivity index (χ4n) is 2.00. The Morgan fingerprint density at radius 1 is 1.37 bits per heavy atom. The van der Waals surface area contributed by atoms with Crippen molar-refractivity contribution >= 4 is 5.91 Å². The van der Waals surface area contributed by atoms with Crippen LogP contribution in [0.4, 0.5) is 13.2 Å². The van der Waals surface area contributed by atoms with Crippen molar-refractivity contribution < 1.29 is 22.7 Å². The van der Waals surface area contributed by atoms with Crippen LogP contribution in [0.3, 0.4) is 0 Å². The first-order chi connectivity index (χ1) is 8.90. The molecule has 1 amide bonds. The quantitative estimate of drug-likeness (QED) is 0.829. The maximum absolute atomic E-state index is 12.4. The SMILES string of the molecule is CCc1ccc2c(c1)C(=O)N(CC(F)(F)F)CCO2. The van der Waals surface area contributed by atoms with Crippen LogP contribution in [0.1, 0.15) is 22.8 Å². The molecule has 19 heavy (non-hydrogen) atoms. The number of halogens is 3. The number of fused-ring (bicyclic) bond motifs is 1. The Morgan fingerprint density at radius 3 is 2.74 bits per heavy atom. The fourth-order valence-corrected chi connectivity index (χ4v) is 2.00. The number of ether oxygens (including phenoxy) is 1. The third-order valence-electron chi connectivity index (χ3n) is 2.96. The first-order valence-corrected chi connectivity index (χ1v) is 6.02. The summed E-state index contributed by atoms with van der Waals surface area (Å²) in [6, 6.07) is 5.06. The molecule has 1 aliphatic heterocycles. The number of rotatable bonds is 2. The highest BCUT2D eigenvalue weighted by Gasteiger charge is 2.35. The average molecular weight is 273 g/mol. The predicted molar refractivity (Wildman–Crippen MR) is 63.3 cm³/mol. The van der Waals surface area contributed by atoms with Crippen molar-refractivity contribution in [3.8, 4) is 5.75 Å². The van der Waals surface area contributed by atoms with Crippen LogP contribution in [0.25, 0.3) is 0 Å². The van der Waals surface area contributed by atoms with Crippen molar-refractivity contribution in [2.45, 2.75) is 19.5 Å². The monoisotopic (exact) mass is 273 g/mol. The second-order valence-electron chi connectivity index (χ2n) is 4.37. The zero-order valence-corrected chi connectivity index (χ0v) is 10.5. The van der Waals surface area contributed by atoms with Crippen LogP contribution >= 0.6 is 0 Å². The summed E-state index contributed by atoms with van der Waals surface area (Å²) in [7, 11) is 0. The van der Waals surface area contributed by atoms with Gasteiger partial charge in [-0.15, -0.1) is 0 Å². The molecule has 0 saturated carbocycles. The molecular weight excluding hydrogens is 259 g/mol. The molecule has 0 N–H and O–H groups in total. The highest BCUT2D eigenvalue weighted by molar-refractivity contribution is 5.97. The smallest absolute Gasteiger partial charge is 0.406 e. The summed E-state index contributed by atoms with van der Waals surface area (Å²) in [6.07, 6.45) is -3.69. The van der Waals surface area contributed by atoms with E-state index in [4.69, 9.17) is 4.74 Å². The second kappa shape index (κ2) is 5.11. The number of alkyl halides is 3. The maximum Gasteiger partial charge on any atom is 0.406 e. The van der Waals surface area contributed by atoms with Crippen LogP contribution in [0.5, 0.6) is 5.75 Å². The van der Waals surface area contributed by atoms with E-state index in [-0.39, 0.29) is 18.7 Å². The molecule has 0 atom stereocenters. The fraction of sp³-hybridized carbons (Fsp3) is 0.462. The van der Waals surface area contributed by atoms with Crippen molar-refractivity contribution in [3.05, 3.63) is 29.3 Å². The highest BCUT2D eigenvalue weighted by Crippen LogP contribution is 2.26. The highest BCUT2D eigenvalue weighted by atomic mass is 19.4. The van der Waals surface area contributed by atoms with Gasteiger partial charge in [-0.25, -0.2) is 0 Å². The molecule has 1 heterocycles. The lowest BCUT2D eigenvalue weighted by Crippen LogP contribution is -2.39. The van der Waals surface area contributed by atoms with Gasteiger partial charge in [0.05, 0.1) is 12.1 Å². The summed E-state index contributed by atoms with van der Waals surface area (Å²) in [4.78, 5) is 12.9. The van der Waals surface area contributed by atoms with Crippen molar-refractivity contribution in [1.82, 2.24) is 4.90 Å². The van der Waals surface area contributed by atoms with E-state index in [1.165, 1.54) is 0 Å². The zero-order valence-electron chi connectivity index (χ0n) is 10.5. The molecule has 104 valence electrons. The number of aryl methyl sites for hydroxylation is 1. The summed E-state index contributed by atoms with van der Waals surface area (Å²) in [5.41, 5.74) is 1.10. The van der Waals surface area contributed by atoms with Crippen molar-refractivity contribution in [2.24, 2.45) is 0 Å². The minimum atomic E-state index is -4.40. The number of carbonyl (C=O) groups is 1. The Morgan fingerprint density at radius 2 is 2.11 bits per heavy atom. The Kier molecular flexibility index (Phi) is 3.68. The summed E-state index contributed by atoms with van der Waals surface area (Å²) in [6.45, 7) is 0.678. The lowest BCUT2D eigenvalue weighted by Gasteiger charge is -2.21. The van der Waals surface area contributed by atoms with Gasteiger partial charge in [0, 0.05) is 0 Å². The molecule has 0 fully saturated rings. The van der Waals surface area contributed by atoms with E-state index in [0.717, 1.165) is 10.5 Å². The standard InChI is InChI=1S/C13H14F3NO2/c1-2-9-3-4-11-10(7-9)12(18)17(5-6-19-11)8-13(14,15)16/h3-4,7H,2,5-6,8H2,1H3. The van der Waals surface area contributed by atoms with E-state index in [2.05, 4.69) is 0 Å². The first-order valence-electron chi connectivity index (χ1n) is 6.02. The third-order valence-corrected chi connectivity index (χ3v) is 2.96. The molecule has 1 aliphatic rings. The number of nitrogens with zero attached hydrogens (tertiary/aromatic N) is 1.